The first kappa shape index (κ1) is 67.9. The number of hydrogen-bond acceptors (Lipinski definition) is 6. The van der Waals surface area contributed by atoms with Crippen LogP contribution < -0.4 is 0 Å². The highest BCUT2D eigenvalue weighted by Gasteiger charge is 2.21. The highest BCUT2D eigenvalue weighted by atomic mass is 19.1. The Bertz CT molecular complexity index is 3510. The fraction of sp³-hybridized carbons (Fsp3) is 0.368. The van der Waals surface area contributed by atoms with Crippen LogP contribution in [0.1, 0.15) is 185 Å². The van der Waals surface area contributed by atoms with Crippen LogP contribution in [0.2, 0.25) is 0 Å². The van der Waals surface area contributed by atoms with Gasteiger partial charge in [0.2, 0.25) is 0 Å². The van der Waals surface area contributed by atoms with Gasteiger partial charge in [-0.2, -0.15) is 10.2 Å². The lowest BCUT2D eigenvalue weighted by Gasteiger charge is -2.19. The minimum absolute atomic E-state index is 0.0331. The summed E-state index contributed by atoms with van der Waals surface area (Å²) in [6.45, 7) is 44.9. The third kappa shape index (κ3) is 20.7. The fourth-order valence-corrected chi connectivity index (χ4v) is 8.63. The molecule has 0 atom stereocenters. The van der Waals surface area contributed by atoms with Gasteiger partial charge in [0, 0.05) is 33.2 Å². The number of aromatic amines is 1. The largest absolute Gasteiger partial charge is 0.508 e. The minimum Gasteiger partial charge on any atom is -0.508 e. The van der Waals surface area contributed by atoms with Crippen LogP contribution in [-0.2, 0) is 37.9 Å². The van der Waals surface area contributed by atoms with Gasteiger partial charge in [0.1, 0.15) is 34.2 Å². The molecule has 6 aromatic carbocycles. The molecular weight excluding hydrogens is 1050 g/mol. The standard InChI is InChI=1S/2C12H14O.2C11H14N2.C10H13F.2C10H14O/c1-12(2,3)10-5-4-9-6-7-13-11(9)8-10;1-12(2,3)11-8-9-6-4-5-7-10(9)13-11;1-11(2,3)9-5-4-8-7-12-13-10(8)6-9;1-11(2,3)10-8-9-6-4-5-7-13(9)12-10;1-10(2,3)8-6-4-5-7-9(8)11;1-10(2,3)8-5-4-6-9(11)7-8;1-10(2,3)8-6-4-5-7-9(8)11/h2*4-8H,1-3H3;4-7H,1-3H3,(H,12,13);4-8H,1-3H3;4-7H,1-3H3;2*4-7,11H,1-3H3. The molecule has 0 aliphatic carbocycles. The topological polar surface area (TPSA) is 113 Å². The molecular formula is C76H97FN4O4. The average Bonchev–Trinajstić information content (AvgIpc) is 4.06. The molecule has 0 aliphatic rings. The van der Waals surface area contributed by atoms with Gasteiger partial charge in [0.25, 0.3) is 0 Å². The molecule has 0 spiro atoms. The zero-order valence-electron chi connectivity index (χ0n) is 54.8. The molecule has 11 rings (SSSR count). The number of para-hydroxylation sites is 2. The Hall–Kier alpha value is -7.91. The van der Waals surface area contributed by atoms with E-state index in [9.17, 15) is 14.6 Å². The Labute approximate surface area is 507 Å². The number of hydrogen-bond donors (Lipinski definition) is 3. The van der Waals surface area contributed by atoms with Crippen molar-refractivity contribution in [3.05, 3.63) is 234 Å². The van der Waals surface area contributed by atoms with E-state index < -0.39 is 0 Å². The number of H-pyrrole nitrogens is 1. The lowest BCUT2D eigenvalue weighted by atomic mass is 9.86. The Morgan fingerprint density at radius 1 is 0.435 bits per heavy atom. The number of aromatic nitrogens is 4. The maximum absolute atomic E-state index is 13.1. The van der Waals surface area contributed by atoms with Crippen molar-refractivity contribution in [3.63, 3.8) is 0 Å². The maximum atomic E-state index is 13.1. The quantitative estimate of drug-likeness (QED) is 0.139. The molecule has 0 radical (unpaired) electrons. The first-order valence-corrected chi connectivity index (χ1v) is 29.5. The number of furan rings is 2. The van der Waals surface area contributed by atoms with Gasteiger partial charge in [0.15, 0.2) is 0 Å². The van der Waals surface area contributed by atoms with Gasteiger partial charge in [-0.3, -0.25) is 5.10 Å². The van der Waals surface area contributed by atoms with E-state index in [0.29, 0.717) is 11.5 Å². The summed E-state index contributed by atoms with van der Waals surface area (Å²) < 4.78 is 26.1. The van der Waals surface area contributed by atoms with Gasteiger partial charge < -0.3 is 19.0 Å². The molecule has 3 N–H and O–H groups in total. The van der Waals surface area contributed by atoms with Crippen molar-refractivity contribution in [1.29, 1.82) is 0 Å². The van der Waals surface area contributed by atoms with Crippen molar-refractivity contribution in [2.24, 2.45) is 0 Å². The molecule has 5 heterocycles. The van der Waals surface area contributed by atoms with Crippen LogP contribution in [0.5, 0.6) is 11.5 Å². The fourth-order valence-electron chi connectivity index (χ4n) is 8.63. The van der Waals surface area contributed by atoms with Crippen molar-refractivity contribution >= 4 is 38.4 Å². The van der Waals surface area contributed by atoms with Crippen molar-refractivity contribution in [2.75, 3.05) is 0 Å². The maximum Gasteiger partial charge on any atom is 0.134 e. The number of rotatable bonds is 0. The van der Waals surface area contributed by atoms with E-state index in [0.717, 1.165) is 50.3 Å². The Balaban J connectivity index is 0.000000182. The molecule has 8 nitrogen and oxygen atoms in total. The molecule has 0 aliphatic heterocycles. The van der Waals surface area contributed by atoms with Crippen LogP contribution in [0.4, 0.5) is 4.39 Å². The first-order valence-electron chi connectivity index (χ1n) is 29.5. The van der Waals surface area contributed by atoms with Crippen molar-refractivity contribution < 1.29 is 23.4 Å². The summed E-state index contributed by atoms with van der Waals surface area (Å²) in [7, 11) is 0. The van der Waals surface area contributed by atoms with Crippen molar-refractivity contribution in [2.45, 2.75) is 183 Å². The molecule has 9 heteroatoms. The summed E-state index contributed by atoms with van der Waals surface area (Å²) in [6, 6.07) is 55.1. The van der Waals surface area contributed by atoms with Crippen molar-refractivity contribution in [1.82, 2.24) is 19.8 Å². The molecule has 0 saturated heterocycles. The van der Waals surface area contributed by atoms with Crippen LogP contribution in [0.25, 0.3) is 38.4 Å². The number of aromatic hydroxyl groups is 2. The zero-order chi connectivity index (χ0) is 63.3. The summed E-state index contributed by atoms with van der Waals surface area (Å²) in [5, 5.41) is 33.6. The smallest absolute Gasteiger partial charge is 0.134 e. The van der Waals surface area contributed by atoms with Crippen LogP contribution in [-0.4, -0.2) is 30.0 Å². The van der Waals surface area contributed by atoms with Gasteiger partial charge in [-0.15, -0.1) is 0 Å². The normalized spacial score (nSPS) is 12.0. The highest BCUT2D eigenvalue weighted by molar-refractivity contribution is 5.79. The first-order chi connectivity index (χ1) is 39.3. The molecule has 0 amide bonds. The van der Waals surface area contributed by atoms with Gasteiger partial charge in [-0.25, -0.2) is 8.91 Å². The Morgan fingerprint density at radius 3 is 1.51 bits per heavy atom. The number of fused-ring (bicyclic) bond motifs is 4. The Kier molecular flexibility index (Phi) is 22.2. The van der Waals surface area contributed by atoms with Crippen molar-refractivity contribution in [3.8, 4) is 11.5 Å². The van der Waals surface area contributed by atoms with Crippen LogP contribution >= 0.6 is 0 Å². The summed E-state index contributed by atoms with van der Waals surface area (Å²) in [4.78, 5) is 0. The number of nitrogens with zero attached hydrogens (tertiary/aromatic N) is 3. The predicted octanol–water partition coefficient (Wildman–Crippen LogP) is 21.5. The minimum atomic E-state index is -0.111. The van der Waals surface area contributed by atoms with Gasteiger partial charge in [0.05, 0.1) is 29.2 Å². The monoisotopic (exact) mass is 1150 g/mol. The summed E-state index contributed by atoms with van der Waals surface area (Å²) in [6.07, 6.45) is 5.56. The predicted molar refractivity (Wildman–Crippen MR) is 357 cm³/mol. The van der Waals surface area contributed by atoms with E-state index in [1.54, 1.807) is 30.5 Å². The number of pyridine rings is 1. The molecule has 85 heavy (non-hydrogen) atoms. The molecule has 0 saturated carbocycles. The molecule has 0 fully saturated rings. The van der Waals surface area contributed by atoms with Crippen LogP contribution in [0, 0.1) is 5.82 Å². The third-order valence-electron chi connectivity index (χ3n) is 14.0. The number of halogens is 1. The van der Waals surface area contributed by atoms with E-state index in [2.05, 4.69) is 201 Å². The third-order valence-corrected chi connectivity index (χ3v) is 14.0. The lowest BCUT2D eigenvalue weighted by molar-refractivity contribution is 0.430. The SMILES string of the molecule is CC(C)(C)c1cc2ccccc2o1.CC(C)(C)c1cc2ccccn2n1.CC(C)(C)c1ccc2ccoc2c1.CC(C)(C)c1ccc2cn[nH]c2c1.CC(C)(C)c1cccc(O)c1.CC(C)(C)c1ccccc1F.CC(C)(C)c1ccccc1O. The lowest BCUT2D eigenvalue weighted by Crippen LogP contribution is -2.12. The summed E-state index contributed by atoms with van der Waals surface area (Å²) in [5.41, 5.74) is 11.7. The van der Waals surface area contributed by atoms with E-state index in [1.165, 1.54) is 33.4 Å². The molecule has 5 aromatic heterocycles. The molecule has 0 bridgehead atoms. The number of phenols is 2. The number of nitrogens with one attached hydrogen (secondary N) is 1. The molecule has 0 unspecified atom stereocenters. The highest BCUT2D eigenvalue weighted by Crippen LogP contribution is 2.32. The molecule has 452 valence electrons. The second-order valence-corrected chi connectivity index (χ2v) is 28.9. The van der Waals surface area contributed by atoms with Crippen LogP contribution in [0.15, 0.2) is 197 Å². The summed E-state index contributed by atoms with van der Waals surface area (Å²) >= 11 is 0. The molecule has 11 aromatic rings. The van der Waals surface area contributed by atoms with Gasteiger partial charge in [-0.1, -0.05) is 242 Å². The second-order valence-electron chi connectivity index (χ2n) is 28.9. The number of benzene rings is 6. The number of phenolic OH excluding ortho intramolecular Hbond substituents is 2. The van der Waals surface area contributed by atoms with E-state index >= 15 is 0 Å². The van der Waals surface area contributed by atoms with E-state index in [4.69, 9.17) is 8.83 Å². The average molecular weight is 1150 g/mol. The van der Waals surface area contributed by atoms with E-state index in [1.807, 2.05) is 117 Å². The summed E-state index contributed by atoms with van der Waals surface area (Å²) in [5.74, 6) is 1.67. The second kappa shape index (κ2) is 27.9. The zero-order valence-corrected chi connectivity index (χ0v) is 54.8. The van der Waals surface area contributed by atoms with Gasteiger partial charge in [-0.05, 0) is 128 Å². The Morgan fingerprint density at radius 2 is 0.988 bits per heavy atom. The van der Waals surface area contributed by atoms with Crippen LogP contribution in [0.3, 0.4) is 0 Å². The van der Waals surface area contributed by atoms with Gasteiger partial charge >= 0.3 is 0 Å². The van der Waals surface area contributed by atoms with E-state index in [-0.39, 0.29) is 43.7 Å².